The fourth-order valence-electron chi connectivity index (χ4n) is 3.82. The van der Waals surface area contributed by atoms with E-state index in [2.05, 4.69) is 33.9 Å². The van der Waals surface area contributed by atoms with Gasteiger partial charge in [-0.1, -0.05) is 33.6 Å². The zero-order valence-electron chi connectivity index (χ0n) is 16.4. The average molecular weight is 357 g/mol. The Morgan fingerprint density at radius 2 is 1.92 bits per heavy atom. The van der Waals surface area contributed by atoms with Gasteiger partial charge >= 0.3 is 5.97 Å². The van der Waals surface area contributed by atoms with Crippen molar-refractivity contribution in [2.24, 2.45) is 5.92 Å². The summed E-state index contributed by atoms with van der Waals surface area (Å²) in [4.78, 5) is 12.2. The number of esters is 1. The molecule has 3 unspecified atom stereocenters. The van der Waals surface area contributed by atoms with Crippen molar-refractivity contribution in [3.63, 3.8) is 0 Å². The second-order valence-corrected chi connectivity index (χ2v) is 13.7. The van der Waals surface area contributed by atoms with Crippen LogP contribution in [0, 0.1) is 5.92 Å². The van der Waals surface area contributed by atoms with Gasteiger partial charge in [0.2, 0.25) is 0 Å². The van der Waals surface area contributed by atoms with Crippen LogP contribution >= 0.6 is 0 Å². The topological polar surface area (TPSA) is 44.8 Å². The Hall–Kier alpha value is -0.393. The zero-order chi connectivity index (χ0) is 18.0. The van der Waals surface area contributed by atoms with Crippen LogP contribution < -0.4 is 0 Å². The summed E-state index contributed by atoms with van der Waals surface area (Å²) in [5.74, 6) is 0.340. The Labute approximate surface area is 148 Å². The number of carbonyl (C=O) groups excluding carboxylic acids is 1. The molecular formula is C19H36O4Si. The second kappa shape index (κ2) is 7.46. The van der Waals surface area contributed by atoms with Gasteiger partial charge in [-0.25, -0.2) is 0 Å². The molecule has 1 aliphatic heterocycles. The zero-order valence-corrected chi connectivity index (χ0v) is 17.4. The van der Waals surface area contributed by atoms with E-state index in [0.717, 1.165) is 32.1 Å². The van der Waals surface area contributed by atoms with E-state index in [1.54, 1.807) is 0 Å². The van der Waals surface area contributed by atoms with E-state index in [-0.39, 0.29) is 22.9 Å². The highest BCUT2D eigenvalue weighted by Crippen LogP contribution is 2.48. The first kappa shape index (κ1) is 19.9. The lowest BCUT2D eigenvalue weighted by atomic mass is 9.70. The molecule has 0 N–H and O–H groups in total. The molecule has 0 aromatic rings. The van der Waals surface area contributed by atoms with Crippen molar-refractivity contribution in [1.29, 1.82) is 0 Å². The number of ether oxygens (including phenoxy) is 2. The number of hydrogen-bond acceptors (Lipinski definition) is 4. The third kappa shape index (κ3) is 4.41. The van der Waals surface area contributed by atoms with E-state index < -0.39 is 8.32 Å². The molecule has 0 bridgehead atoms. The van der Waals surface area contributed by atoms with Gasteiger partial charge in [-0.15, -0.1) is 0 Å². The minimum atomic E-state index is -1.88. The molecule has 2 fully saturated rings. The van der Waals surface area contributed by atoms with E-state index in [4.69, 9.17) is 13.9 Å². The van der Waals surface area contributed by atoms with E-state index >= 15 is 0 Å². The van der Waals surface area contributed by atoms with Crippen molar-refractivity contribution >= 4 is 14.3 Å². The number of rotatable bonds is 5. The normalized spacial score (nSPS) is 31.4. The smallest absolute Gasteiger partial charge is 0.308 e. The van der Waals surface area contributed by atoms with Crippen LogP contribution in [0.25, 0.3) is 0 Å². The van der Waals surface area contributed by atoms with Crippen LogP contribution in [0.1, 0.15) is 72.6 Å². The predicted octanol–water partition coefficient (Wildman–Crippen LogP) is 5.03. The lowest BCUT2D eigenvalue weighted by molar-refractivity contribution is -0.244. The Balaban J connectivity index is 2.12. The lowest BCUT2D eigenvalue weighted by Crippen LogP contribution is -2.54. The summed E-state index contributed by atoms with van der Waals surface area (Å²) in [6.07, 6.45) is 6.73. The minimum absolute atomic E-state index is 0.127. The van der Waals surface area contributed by atoms with Crippen LogP contribution in [-0.2, 0) is 18.7 Å². The first-order chi connectivity index (χ1) is 11.1. The molecule has 3 atom stereocenters. The molecular weight excluding hydrogens is 320 g/mol. The van der Waals surface area contributed by atoms with Gasteiger partial charge in [0.1, 0.15) is 6.29 Å². The molecule has 0 radical (unpaired) electrons. The molecule has 24 heavy (non-hydrogen) atoms. The fourth-order valence-corrected chi connectivity index (χ4v) is 5.00. The fraction of sp³-hybridized carbons (Fsp3) is 0.947. The van der Waals surface area contributed by atoms with E-state index in [0.29, 0.717) is 18.9 Å². The van der Waals surface area contributed by atoms with Crippen LogP contribution in [0.5, 0.6) is 0 Å². The highest BCUT2D eigenvalue weighted by Gasteiger charge is 2.50. The first-order valence-corrected chi connectivity index (χ1v) is 12.5. The predicted molar refractivity (Wildman–Crippen MR) is 98.3 cm³/mol. The molecule has 1 saturated heterocycles. The van der Waals surface area contributed by atoms with Gasteiger partial charge in [0, 0.05) is 0 Å². The van der Waals surface area contributed by atoms with E-state index in [9.17, 15) is 4.79 Å². The summed E-state index contributed by atoms with van der Waals surface area (Å²) in [5, 5.41) is 0.161. The maximum absolute atomic E-state index is 12.2. The Bertz CT molecular complexity index is 443. The monoisotopic (exact) mass is 356 g/mol. The summed E-state index contributed by atoms with van der Waals surface area (Å²) in [6.45, 7) is 13.6. The van der Waals surface area contributed by atoms with Crippen molar-refractivity contribution in [3.05, 3.63) is 0 Å². The minimum Gasteiger partial charge on any atom is -0.466 e. The molecule has 0 amide bonds. The third-order valence-corrected chi connectivity index (χ3v) is 10.7. The maximum atomic E-state index is 12.2. The van der Waals surface area contributed by atoms with Crippen LogP contribution in [0.3, 0.4) is 0 Å². The molecule has 0 aromatic heterocycles. The van der Waals surface area contributed by atoms with Gasteiger partial charge < -0.3 is 13.9 Å². The summed E-state index contributed by atoms with van der Waals surface area (Å²) in [6, 6.07) is 0. The van der Waals surface area contributed by atoms with Crippen molar-refractivity contribution in [2.45, 2.75) is 103 Å². The Morgan fingerprint density at radius 1 is 1.21 bits per heavy atom. The van der Waals surface area contributed by atoms with Gasteiger partial charge in [0.15, 0.2) is 8.32 Å². The van der Waals surface area contributed by atoms with E-state index in [1.165, 1.54) is 6.42 Å². The van der Waals surface area contributed by atoms with Gasteiger partial charge in [0.05, 0.1) is 18.6 Å². The summed E-state index contributed by atoms with van der Waals surface area (Å²) < 4.78 is 18.3. The van der Waals surface area contributed by atoms with Gasteiger partial charge in [0.25, 0.3) is 0 Å². The summed E-state index contributed by atoms with van der Waals surface area (Å²) >= 11 is 0. The summed E-state index contributed by atoms with van der Waals surface area (Å²) in [5.41, 5.74) is -0.365. The highest BCUT2D eigenvalue weighted by atomic mass is 28.4. The lowest BCUT2D eigenvalue weighted by Gasteiger charge is -2.51. The van der Waals surface area contributed by atoms with E-state index in [1.807, 2.05) is 6.92 Å². The maximum Gasteiger partial charge on any atom is 0.308 e. The van der Waals surface area contributed by atoms with Crippen LogP contribution in [0.4, 0.5) is 0 Å². The average Bonchev–Trinajstić information content (AvgIpc) is 2.45. The van der Waals surface area contributed by atoms with Crippen molar-refractivity contribution in [1.82, 2.24) is 0 Å². The molecule has 1 heterocycles. The standard InChI is InChI=1S/C19H36O4Si/c1-7-21-16(20)14-19-13-9-8-10-15(19)11-12-17(22-19)23-24(5,6)18(2,3)4/h15,17H,7-14H2,1-6H3. The molecule has 5 heteroatoms. The van der Waals surface area contributed by atoms with Crippen molar-refractivity contribution < 1.29 is 18.7 Å². The number of hydrogen-bond donors (Lipinski definition) is 0. The molecule has 1 saturated carbocycles. The SMILES string of the molecule is CCOC(=O)CC12CCCCC1CCC(O[Si](C)(C)C(C)(C)C)O2. The number of carbonyl (C=O) groups is 1. The largest absolute Gasteiger partial charge is 0.466 e. The van der Waals surface area contributed by atoms with Gasteiger partial charge in [-0.2, -0.15) is 0 Å². The van der Waals surface area contributed by atoms with Crippen LogP contribution in [0.15, 0.2) is 0 Å². The third-order valence-electron chi connectivity index (χ3n) is 6.24. The summed E-state index contributed by atoms with van der Waals surface area (Å²) in [7, 11) is -1.88. The molecule has 0 spiro atoms. The number of fused-ring (bicyclic) bond motifs is 1. The van der Waals surface area contributed by atoms with Gasteiger partial charge in [-0.05, 0) is 56.7 Å². The second-order valence-electron chi connectivity index (χ2n) is 8.99. The Kier molecular flexibility index (Phi) is 6.20. The molecule has 140 valence electrons. The molecule has 2 rings (SSSR count). The van der Waals surface area contributed by atoms with Crippen molar-refractivity contribution in [2.75, 3.05) is 6.61 Å². The quantitative estimate of drug-likeness (QED) is 0.512. The molecule has 2 aliphatic rings. The first-order valence-electron chi connectivity index (χ1n) is 9.61. The van der Waals surface area contributed by atoms with Crippen LogP contribution in [-0.4, -0.2) is 32.8 Å². The highest BCUT2D eigenvalue weighted by molar-refractivity contribution is 6.74. The molecule has 0 aromatic carbocycles. The van der Waals surface area contributed by atoms with Crippen molar-refractivity contribution in [3.8, 4) is 0 Å². The van der Waals surface area contributed by atoms with Crippen LogP contribution in [0.2, 0.25) is 18.1 Å². The molecule has 1 aliphatic carbocycles. The molecule has 4 nitrogen and oxygen atoms in total. The Morgan fingerprint density at radius 3 is 2.54 bits per heavy atom. The van der Waals surface area contributed by atoms with Gasteiger partial charge in [-0.3, -0.25) is 4.79 Å².